The third-order valence-electron chi connectivity index (χ3n) is 1.78. The van der Waals surface area contributed by atoms with Gasteiger partial charge < -0.3 is 0 Å². The maximum absolute atomic E-state index is 11.2. The fourth-order valence-electron chi connectivity index (χ4n) is 1.04. The summed E-state index contributed by atoms with van der Waals surface area (Å²) in [4.78, 5) is 11.2. The van der Waals surface area contributed by atoms with E-state index in [0.717, 1.165) is 12.0 Å². The summed E-state index contributed by atoms with van der Waals surface area (Å²) in [7, 11) is 0. The van der Waals surface area contributed by atoms with Crippen molar-refractivity contribution in [1.29, 1.82) is 0 Å². The molecule has 78 valence electrons. The molecule has 0 aliphatic rings. The molecule has 0 unspecified atom stereocenters. The van der Waals surface area contributed by atoms with Gasteiger partial charge in [-0.1, -0.05) is 54.9 Å². The highest BCUT2D eigenvalue weighted by atomic mass is 79.9. The Hall–Kier alpha value is -0.630. The molecule has 0 heterocycles. The first-order valence-corrected chi connectivity index (χ1v) is 6.08. The average molecular weight is 257 g/mol. The minimum absolute atomic E-state index is 0.144. The number of aryl methyl sites for hydroxylation is 1. The molecule has 1 nitrogen and oxygen atoms in total. The molecule has 0 bridgehead atoms. The summed E-state index contributed by atoms with van der Waals surface area (Å²) in [5.41, 5.74) is 2.01. The molecule has 14 heavy (non-hydrogen) atoms. The molecular formula is C12H17BrO. The first-order chi connectivity index (χ1) is 6.77. The molecule has 0 fully saturated rings. The molecule has 1 aromatic carbocycles. The van der Waals surface area contributed by atoms with E-state index in [1.54, 1.807) is 0 Å². The Morgan fingerprint density at radius 2 is 2.00 bits per heavy atom. The number of hydrogen-bond acceptors (Lipinski definition) is 1. The molecule has 0 saturated carbocycles. The minimum atomic E-state index is 0.144. The zero-order valence-corrected chi connectivity index (χ0v) is 10.6. The van der Waals surface area contributed by atoms with Gasteiger partial charge in [0, 0.05) is 5.56 Å². The number of halogens is 1. The second kappa shape index (κ2) is 7.74. The van der Waals surface area contributed by atoms with E-state index in [9.17, 15) is 4.79 Å². The van der Waals surface area contributed by atoms with Crippen LogP contribution < -0.4 is 0 Å². The molecule has 0 aliphatic heterocycles. The van der Waals surface area contributed by atoms with Crippen LogP contribution in [0.4, 0.5) is 0 Å². The lowest BCUT2D eigenvalue weighted by Crippen LogP contribution is -1.99. The first kappa shape index (κ1) is 13.4. The average Bonchev–Trinajstić information content (AvgIpc) is 2.30. The highest BCUT2D eigenvalue weighted by molar-refractivity contribution is 9.09. The lowest BCUT2D eigenvalue weighted by Gasteiger charge is -1.99. The molecule has 0 aliphatic carbocycles. The van der Waals surface area contributed by atoms with Crippen LogP contribution in [0.25, 0.3) is 0 Å². The third kappa shape index (κ3) is 4.05. The number of carbonyl (C=O) groups excluding carboxylic acids is 1. The van der Waals surface area contributed by atoms with Crippen LogP contribution in [0.15, 0.2) is 24.3 Å². The van der Waals surface area contributed by atoms with Gasteiger partial charge in [-0.25, -0.2) is 0 Å². The Labute approximate surface area is 94.7 Å². The highest BCUT2D eigenvalue weighted by Crippen LogP contribution is 2.07. The summed E-state index contributed by atoms with van der Waals surface area (Å²) >= 11 is 3.15. The van der Waals surface area contributed by atoms with Crippen molar-refractivity contribution in [3.05, 3.63) is 35.4 Å². The molecule has 2 heteroatoms. The smallest absolute Gasteiger partial charge is 0.173 e. The lowest BCUT2D eigenvalue weighted by atomic mass is 10.1. The van der Waals surface area contributed by atoms with E-state index in [0.29, 0.717) is 5.33 Å². The lowest BCUT2D eigenvalue weighted by molar-refractivity contribution is 0.102. The standard InChI is InChI=1S/C10H11BrO.C2H6/c1-2-8-4-3-5-9(6-8)10(12)7-11;1-2/h3-6H,2,7H2,1H3;1-2H3. The van der Waals surface area contributed by atoms with Crippen LogP contribution in [-0.4, -0.2) is 11.1 Å². The van der Waals surface area contributed by atoms with Gasteiger partial charge in [0.1, 0.15) is 0 Å². The van der Waals surface area contributed by atoms with Gasteiger partial charge in [0.25, 0.3) is 0 Å². The van der Waals surface area contributed by atoms with Crippen molar-refractivity contribution in [1.82, 2.24) is 0 Å². The molecule has 1 aromatic rings. The van der Waals surface area contributed by atoms with E-state index < -0.39 is 0 Å². The van der Waals surface area contributed by atoms with Crippen molar-refractivity contribution < 1.29 is 4.79 Å². The van der Waals surface area contributed by atoms with E-state index in [1.165, 1.54) is 5.56 Å². The molecule has 0 radical (unpaired) electrons. The van der Waals surface area contributed by atoms with E-state index in [1.807, 2.05) is 38.1 Å². The zero-order chi connectivity index (χ0) is 11.0. The SMILES string of the molecule is CC.CCc1cccc(C(=O)CBr)c1. The third-order valence-corrected chi connectivity index (χ3v) is 2.29. The number of benzene rings is 1. The predicted octanol–water partition coefficient (Wildman–Crippen LogP) is 3.85. The first-order valence-electron chi connectivity index (χ1n) is 4.96. The van der Waals surface area contributed by atoms with Crippen LogP contribution >= 0.6 is 15.9 Å². The van der Waals surface area contributed by atoms with Crippen LogP contribution in [0.1, 0.15) is 36.7 Å². The van der Waals surface area contributed by atoms with Gasteiger partial charge in [0.2, 0.25) is 0 Å². The Morgan fingerprint density at radius 1 is 1.36 bits per heavy atom. The van der Waals surface area contributed by atoms with Crippen molar-refractivity contribution in [2.75, 3.05) is 5.33 Å². The molecule has 0 amide bonds. The maximum Gasteiger partial charge on any atom is 0.173 e. The Morgan fingerprint density at radius 3 is 2.50 bits per heavy atom. The molecule has 0 spiro atoms. The fraction of sp³-hybridized carbons (Fsp3) is 0.417. The van der Waals surface area contributed by atoms with Crippen molar-refractivity contribution in [2.45, 2.75) is 27.2 Å². The van der Waals surface area contributed by atoms with Crippen LogP contribution in [-0.2, 0) is 6.42 Å². The minimum Gasteiger partial charge on any atom is -0.293 e. The summed E-state index contributed by atoms with van der Waals surface area (Å²) in [5.74, 6) is 0.144. The van der Waals surface area contributed by atoms with Gasteiger partial charge in [-0.3, -0.25) is 4.79 Å². The monoisotopic (exact) mass is 256 g/mol. The van der Waals surface area contributed by atoms with E-state index >= 15 is 0 Å². The molecule has 0 N–H and O–H groups in total. The second-order valence-corrected chi connectivity index (χ2v) is 3.17. The Kier molecular flexibility index (Phi) is 7.40. The van der Waals surface area contributed by atoms with Crippen molar-refractivity contribution in [3.8, 4) is 0 Å². The van der Waals surface area contributed by atoms with E-state index in [4.69, 9.17) is 0 Å². The quantitative estimate of drug-likeness (QED) is 0.593. The summed E-state index contributed by atoms with van der Waals surface area (Å²) < 4.78 is 0. The molecule has 0 atom stereocenters. The topological polar surface area (TPSA) is 17.1 Å². The van der Waals surface area contributed by atoms with Crippen LogP contribution in [0.3, 0.4) is 0 Å². The Balaban J connectivity index is 0.000000791. The summed E-state index contributed by atoms with van der Waals surface area (Å²) in [6, 6.07) is 7.76. The van der Waals surface area contributed by atoms with E-state index in [-0.39, 0.29) is 5.78 Å². The fourth-order valence-corrected chi connectivity index (χ4v) is 1.37. The van der Waals surface area contributed by atoms with Gasteiger partial charge in [-0.15, -0.1) is 0 Å². The summed E-state index contributed by atoms with van der Waals surface area (Å²) in [6.45, 7) is 6.08. The highest BCUT2D eigenvalue weighted by Gasteiger charge is 2.02. The van der Waals surface area contributed by atoms with E-state index in [2.05, 4.69) is 22.9 Å². The van der Waals surface area contributed by atoms with Gasteiger partial charge in [-0.2, -0.15) is 0 Å². The molecule has 0 aromatic heterocycles. The largest absolute Gasteiger partial charge is 0.293 e. The molecular weight excluding hydrogens is 240 g/mol. The number of carbonyl (C=O) groups is 1. The van der Waals surface area contributed by atoms with Crippen LogP contribution in [0, 0.1) is 0 Å². The Bertz CT molecular complexity index is 281. The van der Waals surface area contributed by atoms with Crippen LogP contribution in [0.5, 0.6) is 0 Å². The van der Waals surface area contributed by atoms with Crippen LogP contribution in [0.2, 0.25) is 0 Å². The number of ketones is 1. The van der Waals surface area contributed by atoms with Gasteiger partial charge in [-0.05, 0) is 18.1 Å². The maximum atomic E-state index is 11.2. The van der Waals surface area contributed by atoms with Gasteiger partial charge >= 0.3 is 0 Å². The molecule has 0 saturated heterocycles. The molecule has 1 rings (SSSR count). The number of hydrogen-bond donors (Lipinski definition) is 0. The predicted molar refractivity (Wildman–Crippen MR) is 65.3 cm³/mol. The van der Waals surface area contributed by atoms with Crippen molar-refractivity contribution in [3.63, 3.8) is 0 Å². The second-order valence-electron chi connectivity index (χ2n) is 2.61. The number of alkyl halides is 1. The van der Waals surface area contributed by atoms with Gasteiger partial charge in [0.15, 0.2) is 5.78 Å². The van der Waals surface area contributed by atoms with Gasteiger partial charge in [0.05, 0.1) is 5.33 Å². The van der Waals surface area contributed by atoms with Crippen molar-refractivity contribution in [2.24, 2.45) is 0 Å². The summed E-state index contributed by atoms with van der Waals surface area (Å²) in [6.07, 6.45) is 0.976. The summed E-state index contributed by atoms with van der Waals surface area (Å²) in [5, 5.41) is 0.403. The normalized spacial score (nSPS) is 8.86. The zero-order valence-electron chi connectivity index (χ0n) is 9.01. The number of rotatable bonds is 3. The van der Waals surface area contributed by atoms with Crippen molar-refractivity contribution >= 4 is 21.7 Å². The number of Topliss-reactive ketones (excluding diaryl/α,β-unsaturated/α-hetero) is 1.